The summed E-state index contributed by atoms with van der Waals surface area (Å²) in [5.74, 6) is 0. The van der Waals surface area contributed by atoms with Gasteiger partial charge in [-0.15, -0.1) is 0 Å². The van der Waals surface area contributed by atoms with Gasteiger partial charge in [0.2, 0.25) is 0 Å². The quantitative estimate of drug-likeness (QED) is 0.465. The predicted octanol–water partition coefficient (Wildman–Crippen LogP) is -0.820. The van der Waals surface area contributed by atoms with Crippen LogP contribution in [-0.4, -0.2) is 31.2 Å². The molecule has 0 aromatic heterocycles. The third-order valence-electron chi connectivity index (χ3n) is 1.13. The van der Waals surface area contributed by atoms with Crippen molar-refractivity contribution in [1.29, 1.82) is 0 Å². The maximum atomic E-state index is 5.56. The summed E-state index contributed by atoms with van der Waals surface area (Å²) in [6.45, 7) is 1.89. The highest BCUT2D eigenvalue weighted by atomic mass is 15.2. The summed E-state index contributed by atoms with van der Waals surface area (Å²) in [7, 11) is 3.82. The zero-order chi connectivity index (χ0) is 6.73. The van der Waals surface area contributed by atoms with E-state index in [2.05, 4.69) is 0 Å². The first-order valence-electron chi connectivity index (χ1n) is 2.73. The van der Waals surface area contributed by atoms with Crippen LogP contribution in [0.15, 0.2) is 0 Å². The Morgan fingerprint density at radius 3 is 1.62 bits per heavy atom. The summed E-state index contributed by atoms with van der Waals surface area (Å²) in [5, 5.41) is 0. The van der Waals surface area contributed by atoms with Crippen LogP contribution in [0.25, 0.3) is 0 Å². The molecule has 0 saturated heterocycles. The molecule has 8 heavy (non-hydrogen) atoms. The van der Waals surface area contributed by atoms with Gasteiger partial charge in [-0.3, -0.25) is 4.90 Å². The summed E-state index contributed by atoms with van der Waals surface area (Å²) in [6, 6.07) is 0.0463. The molecule has 1 unspecified atom stereocenters. The lowest BCUT2D eigenvalue weighted by molar-refractivity contribution is 0.268. The maximum absolute atomic E-state index is 5.56. The second-order valence-corrected chi connectivity index (χ2v) is 2.31. The molecule has 0 aliphatic rings. The van der Waals surface area contributed by atoms with Crippen LogP contribution < -0.4 is 11.5 Å². The van der Waals surface area contributed by atoms with Crippen molar-refractivity contribution in [3.8, 4) is 0 Å². The number of nitrogens with two attached hydrogens (primary N) is 2. The molecular weight excluding hydrogens is 102 g/mol. The molecule has 0 bridgehead atoms. The molecule has 0 amide bonds. The lowest BCUT2D eigenvalue weighted by atomic mass is 10.3. The van der Waals surface area contributed by atoms with E-state index in [1.54, 1.807) is 0 Å². The number of rotatable bonds is 2. The van der Waals surface area contributed by atoms with Crippen molar-refractivity contribution in [3.05, 3.63) is 0 Å². The van der Waals surface area contributed by atoms with E-state index < -0.39 is 0 Å². The summed E-state index contributed by atoms with van der Waals surface area (Å²) < 4.78 is 0. The Bertz CT molecular complexity index is 52.7. The van der Waals surface area contributed by atoms with E-state index in [-0.39, 0.29) is 12.2 Å². The van der Waals surface area contributed by atoms with Gasteiger partial charge in [0, 0.05) is 6.04 Å². The number of nitrogens with zero attached hydrogens (tertiary/aromatic N) is 1. The number of likely N-dealkylation sites (N-methyl/N-ethyl adjacent to an activating group) is 1. The van der Waals surface area contributed by atoms with Gasteiger partial charge < -0.3 is 11.5 Å². The third kappa shape index (κ3) is 2.26. The van der Waals surface area contributed by atoms with Gasteiger partial charge in [0.15, 0.2) is 0 Å². The van der Waals surface area contributed by atoms with Crippen molar-refractivity contribution in [2.45, 2.75) is 19.1 Å². The fraction of sp³-hybridized carbons (Fsp3) is 1.00. The highest BCUT2D eigenvalue weighted by Gasteiger charge is 2.07. The van der Waals surface area contributed by atoms with E-state index in [0.29, 0.717) is 0 Å². The van der Waals surface area contributed by atoms with Gasteiger partial charge in [0.25, 0.3) is 0 Å². The molecular formula is C5H15N3. The Morgan fingerprint density at radius 1 is 1.25 bits per heavy atom. The monoisotopic (exact) mass is 117 g/mol. The van der Waals surface area contributed by atoms with Crippen LogP contribution >= 0.6 is 0 Å². The molecule has 0 aromatic rings. The maximum Gasteiger partial charge on any atom is 0.0720 e. The summed E-state index contributed by atoms with van der Waals surface area (Å²) in [5.41, 5.74) is 11.0. The molecule has 50 valence electrons. The highest BCUT2D eigenvalue weighted by Crippen LogP contribution is 1.86. The van der Waals surface area contributed by atoms with Gasteiger partial charge in [-0.2, -0.15) is 0 Å². The Balaban J connectivity index is 3.46. The number of hydrogen-bond acceptors (Lipinski definition) is 3. The summed E-state index contributed by atoms with van der Waals surface area (Å²) in [4.78, 5) is 1.89. The van der Waals surface area contributed by atoms with Gasteiger partial charge in [0.1, 0.15) is 0 Å². The first-order chi connectivity index (χ1) is 3.55. The average molecular weight is 117 g/mol. The van der Waals surface area contributed by atoms with Gasteiger partial charge in [0.05, 0.1) is 6.17 Å². The average Bonchev–Trinajstić information content (AvgIpc) is 1.64. The van der Waals surface area contributed by atoms with Gasteiger partial charge in [-0.25, -0.2) is 0 Å². The molecule has 3 heteroatoms. The van der Waals surface area contributed by atoms with Crippen molar-refractivity contribution >= 4 is 0 Å². The molecule has 2 atom stereocenters. The Hall–Kier alpha value is -0.120. The zero-order valence-corrected chi connectivity index (χ0v) is 5.76. The predicted molar refractivity (Wildman–Crippen MR) is 35.3 cm³/mol. The van der Waals surface area contributed by atoms with Crippen LogP contribution in [0.2, 0.25) is 0 Å². The first-order valence-corrected chi connectivity index (χ1v) is 2.73. The highest BCUT2D eigenvalue weighted by molar-refractivity contribution is 4.67. The first kappa shape index (κ1) is 7.88. The van der Waals surface area contributed by atoms with E-state index in [1.807, 2.05) is 25.9 Å². The van der Waals surface area contributed by atoms with E-state index in [0.717, 1.165) is 0 Å². The molecule has 0 spiro atoms. The molecule has 0 fully saturated rings. The molecule has 0 saturated carbocycles. The fourth-order valence-corrected chi connectivity index (χ4v) is 0.470. The van der Waals surface area contributed by atoms with Crippen molar-refractivity contribution < 1.29 is 0 Å². The van der Waals surface area contributed by atoms with Crippen molar-refractivity contribution in [3.63, 3.8) is 0 Å². The van der Waals surface area contributed by atoms with Crippen molar-refractivity contribution in [2.75, 3.05) is 14.1 Å². The van der Waals surface area contributed by atoms with Crippen LogP contribution in [0, 0.1) is 0 Å². The Morgan fingerprint density at radius 2 is 1.62 bits per heavy atom. The minimum Gasteiger partial charge on any atom is -0.325 e. The van der Waals surface area contributed by atoms with Gasteiger partial charge >= 0.3 is 0 Å². The summed E-state index contributed by atoms with van der Waals surface area (Å²) in [6.07, 6.45) is -0.0185. The minimum atomic E-state index is -0.0185. The third-order valence-corrected chi connectivity index (χ3v) is 1.13. The zero-order valence-electron chi connectivity index (χ0n) is 5.76. The lowest BCUT2D eigenvalue weighted by Crippen LogP contribution is -2.48. The Labute approximate surface area is 50.6 Å². The molecule has 0 radical (unpaired) electrons. The topological polar surface area (TPSA) is 55.3 Å². The van der Waals surface area contributed by atoms with E-state index in [9.17, 15) is 0 Å². The minimum absolute atomic E-state index is 0.0185. The van der Waals surface area contributed by atoms with Crippen LogP contribution in [0.5, 0.6) is 0 Å². The van der Waals surface area contributed by atoms with Gasteiger partial charge in [-0.1, -0.05) is 0 Å². The van der Waals surface area contributed by atoms with Crippen molar-refractivity contribution in [2.24, 2.45) is 11.5 Å². The van der Waals surface area contributed by atoms with E-state index >= 15 is 0 Å². The van der Waals surface area contributed by atoms with Crippen LogP contribution in [0.1, 0.15) is 6.92 Å². The molecule has 3 nitrogen and oxygen atoms in total. The van der Waals surface area contributed by atoms with Crippen molar-refractivity contribution in [1.82, 2.24) is 4.90 Å². The molecule has 0 heterocycles. The van der Waals surface area contributed by atoms with Crippen LogP contribution in [0.3, 0.4) is 0 Å². The Kier molecular flexibility index (Phi) is 2.97. The van der Waals surface area contributed by atoms with E-state index in [1.165, 1.54) is 0 Å². The molecule has 0 aliphatic heterocycles. The van der Waals surface area contributed by atoms with Crippen LogP contribution in [0.4, 0.5) is 0 Å². The van der Waals surface area contributed by atoms with Crippen LogP contribution in [-0.2, 0) is 0 Å². The molecule has 0 aliphatic carbocycles. The van der Waals surface area contributed by atoms with E-state index in [4.69, 9.17) is 11.5 Å². The summed E-state index contributed by atoms with van der Waals surface area (Å²) >= 11 is 0. The van der Waals surface area contributed by atoms with Gasteiger partial charge in [-0.05, 0) is 21.0 Å². The standard InChI is InChI=1S/C5H15N3/c1-4(6)5(7)8(2)3/h4-5H,6-7H2,1-3H3/t4-,5?/m0/s1. The second-order valence-electron chi connectivity index (χ2n) is 2.31. The normalized spacial score (nSPS) is 18.8. The number of hydrogen-bond donors (Lipinski definition) is 2. The SMILES string of the molecule is C[C@H](N)C(N)N(C)C. The largest absolute Gasteiger partial charge is 0.325 e. The lowest BCUT2D eigenvalue weighted by Gasteiger charge is -2.22. The fourth-order valence-electron chi connectivity index (χ4n) is 0.470. The molecule has 0 aromatic carbocycles. The second kappa shape index (κ2) is 3.02. The molecule has 4 N–H and O–H groups in total. The smallest absolute Gasteiger partial charge is 0.0720 e. The molecule has 0 rings (SSSR count).